The second-order valence-electron chi connectivity index (χ2n) is 14.3. The standard InChI is InChI=1S/C51H37N3S/c1-4-13-34(14-5-1)39-19-12-20-41(29-39)50-52-49(38-25-23-37(24-26-38)40-27-28-46-45-21-10-11-22-47(45)55-48(46)33-40)53-51(54-50)44-31-42(35-15-6-2-7-16-35)30-43(32-44)36-17-8-3-9-18-36/h1-2,4-8,10-28,30-33,41H,3,9,29H2. The van der Waals surface area contributed by atoms with Crippen molar-refractivity contribution < 1.29 is 0 Å². The fourth-order valence-corrected chi connectivity index (χ4v) is 8.95. The monoisotopic (exact) mass is 723 g/mol. The first-order chi connectivity index (χ1) is 27.2. The van der Waals surface area contributed by atoms with Crippen LogP contribution in [0.2, 0.25) is 0 Å². The minimum absolute atomic E-state index is 0.00813. The summed E-state index contributed by atoms with van der Waals surface area (Å²) >= 11 is 1.85. The van der Waals surface area contributed by atoms with Crippen LogP contribution in [0.5, 0.6) is 0 Å². The van der Waals surface area contributed by atoms with Crippen molar-refractivity contribution in [1.82, 2.24) is 15.0 Å². The zero-order valence-corrected chi connectivity index (χ0v) is 31.1. The molecule has 0 spiro atoms. The smallest absolute Gasteiger partial charge is 0.163 e. The van der Waals surface area contributed by atoms with Crippen molar-refractivity contribution in [3.63, 3.8) is 0 Å². The lowest BCUT2D eigenvalue weighted by atomic mass is 9.89. The Balaban J connectivity index is 1.07. The first-order valence-electron chi connectivity index (χ1n) is 19.0. The average molecular weight is 724 g/mol. The van der Waals surface area contributed by atoms with Crippen molar-refractivity contribution in [3.8, 4) is 45.0 Å². The van der Waals surface area contributed by atoms with Crippen molar-refractivity contribution in [3.05, 3.63) is 199 Å². The molecule has 2 aromatic heterocycles. The first-order valence-corrected chi connectivity index (χ1v) is 19.8. The van der Waals surface area contributed by atoms with E-state index in [1.54, 1.807) is 0 Å². The molecular weight excluding hydrogens is 687 g/mol. The van der Waals surface area contributed by atoms with Crippen molar-refractivity contribution in [2.45, 2.75) is 25.2 Å². The maximum atomic E-state index is 5.28. The molecule has 3 nitrogen and oxygen atoms in total. The van der Waals surface area contributed by atoms with E-state index in [0.717, 1.165) is 47.3 Å². The van der Waals surface area contributed by atoms with Crippen LogP contribution in [-0.2, 0) is 0 Å². The van der Waals surface area contributed by atoms with Gasteiger partial charge in [0.2, 0.25) is 0 Å². The molecule has 4 heteroatoms. The first kappa shape index (κ1) is 33.1. The van der Waals surface area contributed by atoms with Gasteiger partial charge in [-0.05, 0) is 94.1 Å². The van der Waals surface area contributed by atoms with Crippen molar-refractivity contribution in [2.24, 2.45) is 0 Å². The maximum absolute atomic E-state index is 5.28. The molecule has 2 aliphatic rings. The second-order valence-corrected chi connectivity index (χ2v) is 15.4. The van der Waals surface area contributed by atoms with E-state index in [-0.39, 0.29) is 5.92 Å². The third-order valence-electron chi connectivity index (χ3n) is 10.7. The van der Waals surface area contributed by atoms with E-state index in [1.165, 1.54) is 53.6 Å². The number of aromatic nitrogens is 3. The summed E-state index contributed by atoms with van der Waals surface area (Å²) in [6, 6.07) is 52.1. The highest BCUT2D eigenvalue weighted by Crippen LogP contribution is 2.38. The van der Waals surface area contributed by atoms with E-state index in [0.29, 0.717) is 11.6 Å². The highest BCUT2D eigenvalue weighted by molar-refractivity contribution is 7.25. The molecular formula is C51H37N3S. The molecule has 55 heavy (non-hydrogen) atoms. The Morgan fingerprint density at radius 1 is 0.491 bits per heavy atom. The quantitative estimate of drug-likeness (QED) is 0.164. The summed E-state index contributed by atoms with van der Waals surface area (Å²) < 4.78 is 2.62. The van der Waals surface area contributed by atoms with E-state index in [4.69, 9.17) is 15.0 Å². The lowest BCUT2D eigenvalue weighted by molar-refractivity contribution is 0.773. The minimum Gasteiger partial charge on any atom is -0.212 e. The van der Waals surface area contributed by atoms with E-state index in [1.807, 2.05) is 11.3 Å². The number of rotatable bonds is 7. The van der Waals surface area contributed by atoms with Gasteiger partial charge in [0.25, 0.3) is 0 Å². The number of hydrogen-bond donors (Lipinski definition) is 0. The van der Waals surface area contributed by atoms with Gasteiger partial charge in [-0.25, -0.2) is 15.0 Å². The molecule has 0 radical (unpaired) electrons. The van der Waals surface area contributed by atoms with Crippen LogP contribution in [0.25, 0.3) is 76.3 Å². The molecule has 8 aromatic rings. The fraction of sp³-hybridized carbons (Fsp3) is 0.0784. The number of fused-ring (bicyclic) bond motifs is 3. The Hall–Kier alpha value is -6.49. The molecule has 0 amide bonds. The predicted octanol–water partition coefficient (Wildman–Crippen LogP) is 13.8. The molecule has 0 bridgehead atoms. The Morgan fingerprint density at radius 2 is 1.15 bits per heavy atom. The van der Waals surface area contributed by atoms with Gasteiger partial charge >= 0.3 is 0 Å². The lowest BCUT2D eigenvalue weighted by Crippen LogP contribution is -2.09. The van der Waals surface area contributed by atoms with Crippen molar-refractivity contribution in [2.75, 3.05) is 0 Å². The van der Waals surface area contributed by atoms with Gasteiger partial charge in [0.05, 0.1) is 0 Å². The van der Waals surface area contributed by atoms with Gasteiger partial charge in [-0.3, -0.25) is 0 Å². The third-order valence-corrected chi connectivity index (χ3v) is 11.8. The molecule has 10 rings (SSSR count). The third kappa shape index (κ3) is 6.66. The molecule has 0 fully saturated rings. The molecule has 0 N–H and O–H groups in total. The number of nitrogens with zero attached hydrogens (tertiary/aromatic N) is 3. The summed E-state index contributed by atoms with van der Waals surface area (Å²) in [4.78, 5) is 15.7. The van der Waals surface area contributed by atoms with Crippen molar-refractivity contribution in [1.29, 1.82) is 0 Å². The summed E-state index contributed by atoms with van der Waals surface area (Å²) in [6.45, 7) is 0. The summed E-state index contributed by atoms with van der Waals surface area (Å²) in [5.74, 6) is 2.15. The Labute approximate surface area is 325 Å². The summed E-state index contributed by atoms with van der Waals surface area (Å²) in [7, 11) is 0. The zero-order chi connectivity index (χ0) is 36.6. The largest absolute Gasteiger partial charge is 0.212 e. The highest BCUT2D eigenvalue weighted by Gasteiger charge is 2.22. The number of thiophene rings is 1. The van der Waals surface area contributed by atoms with Crippen LogP contribution in [0.15, 0.2) is 182 Å². The fourth-order valence-electron chi connectivity index (χ4n) is 7.80. The molecule has 262 valence electrons. The van der Waals surface area contributed by atoms with Crippen LogP contribution < -0.4 is 0 Å². The van der Waals surface area contributed by atoms with Gasteiger partial charge in [-0.1, -0.05) is 152 Å². The number of hydrogen-bond acceptors (Lipinski definition) is 4. The Bertz CT molecular complexity index is 2820. The summed E-state index contributed by atoms with van der Waals surface area (Å²) in [5, 5.41) is 2.63. The number of allylic oxidation sites excluding steroid dienone is 8. The van der Waals surface area contributed by atoms with Crippen LogP contribution in [0.4, 0.5) is 0 Å². The van der Waals surface area contributed by atoms with E-state index >= 15 is 0 Å². The normalized spacial score (nSPS) is 15.3. The van der Waals surface area contributed by atoms with Crippen molar-refractivity contribution >= 4 is 42.7 Å². The van der Waals surface area contributed by atoms with E-state index in [2.05, 4.69) is 182 Å². The van der Waals surface area contributed by atoms with Crippen LogP contribution in [0, 0.1) is 0 Å². The molecule has 2 heterocycles. The Kier molecular flexibility index (Phi) is 8.66. The van der Waals surface area contributed by atoms with Gasteiger partial charge in [0.1, 0.15) is 5.82 Å². The van der Waals surface area contributed by atoms with E-state index < -0.39 is 0 Å². The average Bonchev–Trinajstić information content (AvgIpc) is 3.65. The zero-order valence-electron chi connectivity index (χ0n) is 30.3. The summed E-state index contributed by atoms with van der Waals surface area (Å²) in [5.41, 5.74) is 11.5. The van der Waals surface area contributed by atoms with Crippen LogP contribution in [0.1, 0.15) is 42.1 Å². The summed E-state index contributed by atoms with van der Waals surface area (Å²) in [6.07, 6.45) is 16.4. The van der Waals surface area contributed by atoms with Gasteiger partial charge in [0, 0.05) is 37.2 Å². The number of benzene rings is 6. The molecule has 1 unspecified atom stereocenters. The van der Waals surface area contributed by atoms with Gasteiger partial charge in [0.15, 0.2) is 11.6 Å². The topological polar surface area (TPSA) is 38.7 Å². The highest BCUT2D eigenvalue weighted by atomic mass is 32.1. The predicted molar refractivity (Wildman–Crippen MR) is 232 cm³/mol. The molecule has 0 saturated carbocycles. The Morgan fingerprint density at radius 3 is 1.95 bits per heavy atom. The lowest BCUT2D eigenvalue weighted by Gasteiger charge is -2.19. The van der Waals surface area contributed by atoms with Gasteiger partial charge in [-0.15, -0.1) is 11.3 Å². The maximum Gasteiger partial charge on any atom is 0.163 e. The van der Waals surface area contributed by atoms with Gasteiger partial charge < -0.3 is 0 Å². The molecule has 1 atom stereocenters. The van der Waals surface area contributed by atoms with E-state index in [9.17, 15) is 0 Å². The SMILES string of the molecule is C1=CC(c2nc(-c3ccc(-c4ccc5c(c4)sc4ccccc45)cc3)nc(-c3cc(C4=CCCC=C4)cc(-c4ccccc4)c3)n2)CC(c2ccccc2)=C1. The molecule has 6 aromatic carbocycles. The second kappa shape index (κ2) is 14.4. The molecule has 0 saturated heterocycles. The minimum atomic E-state index is 0.00813. The van der Waals surface area contributed by atoms with Crippen LogP contribution in [-0.4, -0.2) is 15.0 Å². The van der Waals surface area contributed by atoms with Gasteiger partial charge in [-0.2, -0.15) is 0 Å². The molecule has 0 aliphatic heterocycles. The van der Waals surface area contributed by atoms with Crippen LogP contribution >= 0.6 is 11.3 Å². The van der Waals surface area contributed by atoms with Crippen LogP contribution in [0.3, 0.4) is 0 Å². The molecule has 2 aliphatic carbocycles.